The number of benzene rings is 1. The van der Waals surface area contributed by atoms with Crippen molar-refractivity contribution in [3.63, 3.8) is 0 Å². The minimum Gasteiger partial charge on any atom is -0.501 e. The van der Waals surface area contributed by atoms with Gasteiger partial charge in [-0.1, -0.05) is 18.2 Å². The first-order chi connectivity index (χ1) is 21.3. The van der Waals surface area contributed by atoms with Crippen LogP contribution in [0.25, 0.3) is 0 Å². The standard InChI is InChI=1S/C32H38FN7O5/c1-20-16-21(9-10-23(20)33)17-35-26(42)24-25(41)27(43)40-19-31(38(4)18-22-8-6-7-15-34-22)11-13-32(14-12-31,30(40)36-24)39(5)29(45)28(44)37(2)3/h6-10,15-16,41H,11-14,17-19H2,1-5H3,(H,35,42). The van der Waals surface area contributed by atoms with Crippen molar-refractivity contribution < 1.29 is 23.9 Å². The molecule has 1 aliphatic carbocycles. The average Bonchev–Trinajstić information content (AvgIpc) is 3.27. The highest BCUT2D eigenvalue weighted by atomic mass is 19.1. The van der Waals surface area contributed by atoms with E-state index in [-0.39, 0.29) is 24.7 Å². The van der Waals surface area contributed by atoms with Crippen LogP contribution in [0.1, 0.15) is 58.8 Å². The van der Waals surface area contributed by atoms with Gasteiger partial charge in [0.2, 0.25) is 5.75 Å². The highest BCUT2D eigenvalue weighted by Gasteiger charge is 2.55. The quantitative estimate of drug-likeness (QED) is 0.383. The number of fused-ring (bicyclic) bond motifs is 2. The Morgan fingerprint density at radius 2 is 1.76 bits per heavy atom. The number of rotatable bonds is 7. The monoisotopic (exact) mass is 619 g/mol. The zero-order valence-electron chi connectivity index (χ0n) is 26.1. The summed E-state index contributed by atoms with van der Waals surface area (Å²) in [6.07, 6.45) is 3.51. The number of nitrogens with one attached hydrogen (secondary N) is 1. The molecule has 45 heavy (non-hydrogen) atoms. The number of nitrogens with zero attached hydrogens (tertiary/aromatic N) is 6. The van der Waals surface area contributed by atoms with Gasteiger partial charge in [-0.15, -0.1) is 0 Å². The number of halogens is 1. The lowest BCUT2D eigenvalue weighted by atomic mass is 9.71. The largest absolute Gasteiger partial charge is 0.501 e. The molecule has 238 valence electrons. The number of aromatic nitrogens is 3. The summed E-state index contributed by atoms with van der Waals surface area (Å²) in [4.78, 5) is 67.3. The lowest BCUT2D eigenvalue weighted by Crippen LogP contribution is -2.57. The van der Waals surface area contributed by atoms with Crippen LogP contribution in [0.2, 0.25) is 0 Å². The van der Waals surface area contributed by atoms with E-state index in [2.05, 4.69) is 20.2 Å². The van der Waals surface area contributed by atoms with Crippen molar-refractivity contribution >= 4 is 17.7 Å². The van der Waals surface area contributed by atoms with Crippen LogP contribution in [-0.2, 0) is 34.8 Å². The number of aryl methyl sites for hydroxylation is 1. The predicted octanol–water partition coefficient (Wildman–Crippen LogP) is 1.92. The molecule has 2 N–H and O–H groups in total. The van der Waals surface area contributed by atoms with E-state index < -0.39 is 45.8 Å². The molecule has 0 atom stereocenters. The number of carbonyl (C=O) groups is 3. The fraction of sp³-hybridized carbons (Fsp3) is 0.438. The Bertz CT molecular complexity index is 1700. The Morgan fingerprint density at radius 1 is 1.04 bits per heavy atom. The fourth-order valence-electron chi connectivity index (χ4n) is 6.51. The van der Waals surface area contributed by atoms with Gasteiger partial charge >= 0.3 is 11.8 Å². The summed E-state index contributed by atoms with van der Waals surface area (Å²) >= 11 is 0. The van der Waals surface area contributed by atoms with Crippen LogP contribution in [0.15, 0.2) is 47.4 Å². The molecule has 1 aromatic carbocycles. The van der Waals surface area contributed by atoms with E-state index in [1.807, 2.05) is 25.2 Å². The molecular formula is C32H38FN7O5. The van der Waals surface area contributed by atoms with Gasteiger partial charge in [0, 0.05) is 52.5 Å². The van der Waals surface area contributed by atoms with Crippen molar-refractivity contribution in [3.05, 3.63) is 87.1 Å². The van der Waals surface area contributed by atoms with Crippen LogP contribution in [0.5, 0.6) is 5.75 Å². The molecule has 0 unspecified atom stereocenters. The Labute approximate surface area is 260 Å². The van der Waals surface area contributed by atoms with E-state index in [1.165, 1.54) is 47.6 Å². The molecule has 0 radical (unpaired) electrons. The van der Waals surface area contributed by atoms with Crippen molar-refractivity contribution in [2.45, 2.75) is 63.3 Å². The van der Waals surface area contributed by atoms with Crippen LogP contribution in [0.3, 0.4) is 0 Å². The van der Waals surface area contributed by atoms with Crippen LogP contribution in [0, 0.1) is 12.7 Å². The number of amides is 3. The molecule has 4 heterocycles. The Balaban J connectivity index is 1.57. The third kappa shape index (κ3) is 5.68. The Kier molecular flexibility index (Phi) is 8.49. The minimum absolute atomic E-state index is 0.00177. The lowest BCUT2D eigenvalue weighted by Gasteiger charge is -2.49. The van der Waals surface area contributed by atoms with Gasteiger partial charge in [-0.05, 0) is 69.0 Å². The van der Waals surface area contributed by atoms with E-state index in [0.29, 0.717) is 43.4 Å². The molecule has 6 rings (SSSR count). The van der Waals surface area contributed by atoms with E-state index >= 15 is 0 Å². The Hall–Kier alpha value is -4.65. The molecule has 3 aromatic rings. The molecule has 2 bridgehead atoms. The third-order valence-electron chi connectivity index (χ3n) is 9.38. The van der Waals surface area contributed by atoms with E-state index in [4.69, 9.17) is 0 Å². The summed E-state index contributed by atoms with van der Waals surface area (Å²) in [5, 5.41) is 13.7. The van der Waals surface area contributed by atoms with Gasteiger partial charge < -0.3 is 20.2 Å². The molecule has 13 heteroatoms. The topological polar surface area (TPSA) is 141 Å². The van der Waals surface area contributed by atoms with Crippen LogP contribution >= 0.6 is 0 Å². The van der Waals surface area contributed by atoms with Crippen molar-refractivity contribution in [2.75, 3.05) is 28.2 Å². The second-order valence-corrected chi connectivity index (χ2v) is 12.3. The maximum absolute atomic E-state index is 13.9. The molecule has 1 saturated carbocycles. The first-order valence-electron chi connectivity index (χ1n) is 14.8. The van der Waals surface area contributed by atoms with Gasteiger partial charge in [0.15, 0.2) is 5.69 Å². The first-order valence-corrected chi connectivity index (χ1v) is 14.8. The summed E-state index contributed by atoms with van der Waals surface area (Å²) in [5.74, 6) is -3.37. The van der Waals surface area contributed by atoms with Crippen LogP contribution in [0.4, 0.5) is 4.39 Å². The summed E-state index contributed by atoms with van der Waals surface area (Å²) in [5.41, 5.74) is -1.19. The molecule has 0 spiro atoms. The van der Waals surface area contributed by atoms with Crippen molar-refractivity contribution in [3.8, 4) is 5.75 Å². The number of carbonyl (C=O) groups excluding carboxylic acids is 3. The third-order valence-corrected chi connectivity index (χ3v) is 9.38. The first kappa shape index (κ1) is 31.8. The molecule has 12 nitrogen and oxygen atoms in total. The van der Waals surface area contributed by atoms with E-state index in [9.17, 15) is 28.7 Å². The average molecular weight is 620 g/mol. The zero-order valence-corrected chi connectivity index (χ0v) is 26.1. The number of likely N-dealkylation sites (N-methyl/N-ethyl adjacent to an activating group) is 3. The second-order valence-electron chi connectivity index (χ2n) is 12.3. The van der Waals surface area contributed by atoms with Gasteiger partial charge in [0.1, 0.15) is 17.2 Å². The van der Waals surface area contributed by atoms with Gasteiger partial charge in [0.05, 0.1) is 5.69 Å². The number of pyridine rings is 1. The minimum atomic E-state index is -1.20. The molecule has 0 saturated heterocycles. The highest BCUT2D eigenvalue weighted by Crippen LogP contribution is 2.50. The maximum Gasteiger partial charge on any atom is 0.312 e. The smallest absolute Gasteiger partial charge is 0.312 e. The normalized spacial score (nSPS) is 20.3. The van der Waals surface area contributed by atoms with Crippen molar-refractivity contribution in [1.29, 1.82) is 0 Å². The maximum atomic E-state index is 13.9. The molecule has 2 aromatic heterocycles. The van der Waals surface area contributed by atoms with Crippen molar-refractivity contribution in [2.24, 2.45) is 0 Å². The molecular weight excluding hydrogens is 581 g/mol. The van der Waals surface area contributed by atoms with Crippen LogP contribution < -0.4 is 10.9 Å². The van der Waals surface area contributed by atoms with Gasteiger partial charge in [-0.3, -0.25) is 33.6 Å². The number of aromatic hydroxyl groups is 1. The van der Waals surface area contributed by atoms with Gasteiger partial charge in [0.25, 0.3) is 11.5 Å². The van der Waals surface area contributed by atoms with E-state index in [0.717, 1.165) is 5.69 Å². The highest BCUT2D eigenvalue weighted by molar-refractivity contribution is 6.34. The molecule has 3 aliphatic rings. The predicted molar refractivity (Wildman–Crippen MR) is 163 cm³/mol. The lowest BCUT2D eigenvalue weighted by molar-refractivity contribution is -0.155. The number of hydrogen-bond donors (Lipinski definition) is 2. The fourth-order valence-corrected chi connectivity index (χ4v) is 6.51. The number of hydrogen-bond acceptors (Lipinski definition) is 8. The Morgan fingerprint density at radius 3 is 2.38 bits per heavy atom. The summed E-state index contributed by atoms with van der Waals surface area (Å²) < 4.78 is 15.1. The van der Waals surface area contributed by atoms with E-state index in [1.54, 1.807) is 19.2 Å². The molecule has 2 aliphatic heterocycles. The summed E-state index contributed by atoms with van der Waals surface area (Å²) in [6, 6.07) is 10.1. The van der Waals surface area contributed by atoms with Crippen LogP contribution in [-0.4, -0.2) is 85.8 Å². The summed E-state index contributed by atoms with van der Waals surface area (Å²) in [7, 11) is 6.43. The van der Waals surface area contributed by atoms with Gasteiger partial charge in [-0.25, -0.2) is 9.37 Å². The van der Waals surface area contributed by atoms with Gasteiger partial charge in [-0.2, -0.15) is 0 Å². The SMILES string of the molecule is Cc1cc(CNC(=O)c2nc3n(c(=O)c2O)CC2(N(C)Cc4ccccn4)CCC3(N(C)C(=O)C(=O)N(C)C)CC2)ccc1F. The molecule has 1 fully saturated rings. The second kappa shape index (κ2) is 12.0. The molecule has 3 amide bonds. The zero-order chi connectivity index (χ0) is 32.7. The summed E-state index contributed by atoms with van der Waals surface area (Å²) in [6.45, 7) is 2.25. The van der Waals surface area contributed by atoms with Crippen molar-refractivity contribution in [1.82, 2.24) is 34.6 Å².